The SMILES string of the molecule is CC1CCNCC1NS(=O)(=O)c1ccc(F)cc1Cl. The van der Waals surface area contributed by atoms with Crippen molar-refractivity contribution in [1.82, 2.24) is 10.0 Å². The maximum absolute atomic E-state index is 12.9. The van der Waals surface area contributed by atoms with Crippen LogP contribution in [-0.2, 0) is 10.0 Å². The first-order valence-electron chi connectivity index (χ1n) is 6.08. The van der Waals surface area contributed by atoms with Crippen LogP contribution in [0.4, 0.5) is 4.39 Å². The third-order valence-electron chi connectivity index (χ3n) is 3.32. The van der Waals surface area contributed by atoms with Gasteiger partial charge in [-0.3, -0.25) is 0 Å². The minimum atomic E-state index is -3.73. The summed E-state index contributed by atoms with van der Waals surface area (Å²) in [6, 6.07) is 3.09. The number of halogens is 2. The summed E-state index contributed by atoms with van der Waals surface area (Å²) in [7, 11) is -3.73. The molecule has 1 heterocycles. The second-order valence-electron chi connectivity index (χ2n) is 4.77. The first-order chi connectivity index (χ1) is 8.90. The number of rotatable bonds is 3. The van der Waals surface area contributed by atoms with Gasteiger partial charge in [-0.25, -0.2) is 17.5 Å². The fraction of sp³-hybridized carbons (Fsp3) is 0.500. The Labute approximate surface area is 117 Å². The van der Waals surface area contributed by atoms with E-state index in [0.717, 1.165) is 25.1 Å². The minimum absolute atomic E-state index is 0.0895. The third kappa shape index (κ3) is 3.45. The van der Waals surface area contributed by atoms with Crippen LogP contribution in [0.25, 0.3) is 0 Å². The third-order valence-corrected chi connectivity index (χ3v) is 5.29. The molecule has 1 aliphatic heterocycles. The van der Waals surface area contributed by atoms with Crippen molar-refractivity contribution in [2.75, 3.05) is 13.1 Å². The molecule has 0 spiro atoms. The molecule has 7 heteroatoms. The van der Waals surface area contributed by atoms with E-state index in [1.807, 2.05) is 6.92 Å². The van der Waals surface area contributed by atoms with Crippen molar-refractivity contribution >= 4 is 21.6 Å². The average Bonchev–Trinajstić information content (AvgIpc) is 2.31. The van der Waals surface area contributed by atoms with E-state index in [2.05, 4.69) is 10.0 Å². The number of piperidine rings is 1. The van der Waals surface area contributed by atoms with E-state index < -0.39 is 15.8 Å². The van der Waals surface area contributed by atoms with E-state index in [9.17, 15) is 12.8 Å². The number of benzene rings is 1. The fourth-order valence-electron chi connectivity index (χ4n) is 2.10. The molecule has 0 aromatic heterocycles. The Morgan fingerprint density at radius 1 is 1.47 bits per heavy atom. The van der Waals surface area contributed by atoms with Gasteiger partial charge in [0.2, 0.25) is 10.0 Å². The number of hydrogen-bond donors (Lipinski definition) is 2. The van der Waals surface area contributed by atoms with Gasteiger partial charge >= 0.3 is 0 Å². The van der Waals surface area contributed by atoms with Gasteiger partial charge < -0.3 is 5.32 Å². The zero-order valence-corrected chi connectivity index (χ0v) is 12.1. The van der Waals surface area contributed by atoms with Crippen LogP contribution in [-0.4, -0.2) is 27.5 Å². The minimum Gasteiger partial charge on any atom is -0.315 e. The molecule has 0 aliphatic carbocycles. The highest BCUT2D eigenvalue weighted by atomic mass is 35.5. The summed E-state index contributed by atoms with van der Waals surface area (Å²) in [6.07, 6.45) is 0.907. The van der Waals surface area contributed by atoms with Crippen LogP contribution < -0.4 is 10.0 Å². The maximum atomic E-state index is 12.9. The monoisotopic (exact) mass is 306 g/mol. The Morgan fingerprint density at radius 3 is 2.84 bits per heavy atom. The van der Waals surface area contributed by atoms with Gasteiger partial charge in [-0.05, 0) is 37.1 Å². The Bertz CT molecular complexity index is 565. The van der Waals surface area contributed by atoms with Crippen molar-refractivity contribution in [2.24, 2.45) is 5.92 Å². The Kier molecular flexibility index (Phi) is 4.45. The Hall–Kier alpha value is -0.690. The number of sulfonamides is 1. The zero-order chi connectivity index (χ0) is 14.0. The summed E-state index contributed by atoms with van der Waals surface area (Å²) in [4.78, 5) is -0.0895. The summed E-state index contributed by atoms with van der Waals surface area (Å²) >= 11 is 5.79. The molecule has 2 N–H and O–H groups in total. The lowest BCUT2D eigenvalue weighted by Gasteiger charge is -2.30. The lowest BCUT2D eigenvalue weighted by Crippen LogP contribution is -2.50. The van der Waals surface area contributed by atoms with Crippen molar-refractivity contribution in [3.05, 3.63) is 29.0 Å². The summed E-state index contributed by atoms with van der Waals surface area (Å²) in [5.74, 6) is -0.313. The molecule has 1 aromatic rings. The van der Waals surface area contributed by atoms with E-state index >= 15 is 0 Å². The van der Waals surface area contributed by atoms with Gasteiger partial charge in [-0.2, -0.15) is 0 Å². The van der Waals surface area contributed by atoms with Crippen molar-refractivity contribution in [3.63, 3.8) is 0 Å². The van der Waals surface area contributed by atoms with Gasteiger partial charge in [0.05, 0.1) is 5.02 Å². The van der Waals surface area contributed by atoms with Crippen molar-refractivity contribution < 1.29 is 12.8 Å². The van der Waals surface area contributed by atoms with Gasteiger partial charge in [0.1, 0.15) is 10.7 Å². The van der Waals surface area contributed by atoms with Crippen LogP contribution in [0.5, 0.6) is 0 Å². The zero-order valence-electron chi connectivity index (χ0n) is 10.5. The van der Waals surface area contributed by atoms with Crippen LogP contribution in [0.1, 0.15) is 13.3 Å². The second kappa shape index (κ2) is 5.75. The van der Waals surface area contributed by atoms with Crippen molar-refractivity contribution in [1.29, 1.82) is 0 Å². The van der Waals surface area contributed by atoms with E-state index in [0.29, 0.717) is 6.54 Å². The molecule has 1 aromatic carbocycles. The highest BCUT2D eigenvalue weighted by molar-refractivity contribution is 7.89. The molecule has 2 unspecified atom stereocenters. The van der Waals surface area contributed by atoms with E-state index in [-0.39, 0.29) is 21.9 Å². The fourth-order valence-corrected chi connectivity index (χ4v) is 3.98. The van der Waals surface area contributed by atoms with Crippen LogP contribution in [0.15, 0.2) is 23.1 Å². The summed E-state index contributed by atoms with van der Waals surface area (Å²) in [6.45, 7) is 3.47. The largest absolute Gasteiger partial charge is 0.315 e. The highest BCUT2D eigenvalue weighted by Gasteiger charge is 2.27. The molecule has 1 aliphatic rings. The van der Waals surface area contributed by atoms with Crippen LogP contribution in [0.3, 0.4) is 0 Å². The first-order valence-corrected chi connectivity index (χ1v) is 7.94. The van der Waals surface area contributed by atoms with Gasteiger partial charge in [0, 0.05) is 12.6 Å². The van der Waals surface area contributed by atoms with E-state index in [4.69, 9.17) is 11.6 Å². The predicted octanol–water partition coefficient (Wildman–Crippen LogP) is 1.76. The molecule has 1 fully saturated rings. The molecule has 0 bridgehead atoms. The lowest BCUT2D eigenvalue weighted by atomic mass is 9.96. The molecule has 0 radical (unpaired) electrons. The molecule has 0 amide bonds. The standard InChI is InChI=1S/C12H16ClFN2O2S/c1-8-4-5-15-7-11(8)16-19(17,18)12-3-2-9(14)6-10(12)13/h2-3,6,8,11,15-16H,4-5,7H2,1H3. The first kappa shape index (κ1) is 14.7. The van der Waals surface area contributed by atoms with E-state index in [1.54, 1.807) is 0 Å². The van der Waals surface area contributed by atoms with Crippen LogP contribution in [0, 0.1) is 11.7 Å². The van der Waals surface area contributed by atoms with Gasteiger partial charge in [0.15, 0.2) is 0 Å². The molecule has 106 valence electrons. The topological polar surface area (TPSA) is 58.2 Å². The molecule has 2 rings (SSSR count). The normalized spacial score (nSPS) is 24.4. The second-order valence-corrected chi connectivity index (χ2v) is 6.86. The number of hydrogen-bond acceptors (Lipinski definition) is 3. The van der Waals surface area contributed by atoms with Crippen LogP contribution >= 0.6 is 11.6 Å². The maximum Gasteiger partial charge on any atom is 0.242 e. The lowest BCUT2D eigenvalue weighted by molar-refractivity contribution is 0.327. The molecule has 0 saturated carbocycles. The van der Waals surface area contributed by atoms with Gasteiger partial charge in [0.25, 0.3) is 0 Å². The average molecular weight is 307 g/mol. The summed E-state index contributed by atoms with van der Waals surface area (Å²) < 4.78 is 40.0. The molecule has 2 atom stereocenters. The Balaban J connectivity index is 2.22. The predicted molar refractivity (Wildman–Crippen MR) is 72.2 cm³/mol. The summed E-state index contributed by atoms with van der Waals surface area (Å²) in [5.41, 5.74) is 0. The van der Waals surface area contributed by atoms with Crippen molar-refractivity contribution in [3.8, 4) is 0 Å². The van der Waals surface area contributed by atoms with Crippen LogP contribution in [0.2, 0.25) is 5.02 Å². The molecular formula is C12H16ClFN2O2S. The number of nitrogens with one attached hydrogen (secondary N) is 2. The quantitative estimate of drug-likeness (QED) is 0.894. The van der Waals surface area contributed by atoms with E-state index in [1.165, 1.54) is 6.07 Å². The Morgan fingerprint density at radius 2 is 2.21 bits per heavy atom. The molecule has 4 nitrogen and oxygen atoms in total. The van der Waals surface area contributed by atoms with Gasteiger partial charge in [-0.15, -0.1) is 0 Å². The molecular weight excluding hydrogens is 291 g/mol. The highest BCUT2D eigenvalue weighted by Crippen LogP contribution is 2.23. The van der Waals surface area contributed by atoms with Crippen molar-refractivity contribution in [2.45, 2.75) is 24.3 Å². The van der Waals surface area contributed by atoms with Gasteiger partial charge in [-0.1, -0.05) is 18.5 Å². The summed E-state index contributed by atoms with van der Waals surface area (Å²) in [5, 5.41) is 3.04. The molecule has 1 saturated heterocycles. The smallest absolute Gasteiger partial charge is 0.242 e. The molecule has 19 heavy (non-hydrogen) atoms.